The number of nitrogens with zero attached hydrogens (tertiary/aromatic N) is 4. The fraction of sp³-hybridized carbons (Fsp3) is 0.105. The number of alkyl halides is 3. The second-order valence-electron chi connectivity index (χ2n) is 12.4. The minimum Gasteiger partial charge on any atom is -0.505 e. The number of ether oxygens (including phenoxy) is 2. The maximum atomic E-state index is 13.1. The molecule has 0 amide bonds. The van der Waals surface area contributed by atoms with Crippen LogP contribution >= 0.6 is 0 Å². The third-order valence-corrected chi connectivity index (χ3v) is 8.78. The molecule has 8 aromatic rings. The van der Waals surface area contributed by atoms with Gasteiger partial charge in [0.15, 0.2) is 5.75 Å². The molecule has 8 N–H and O–H groups in total. The van der Waals surface area contributed by atoms with Crippen molar-refractivity contribution < 1.29 is 32.9 Å². The molecule has 8 rings (SSSR count). The predicted octanol–water partition coefficient (Wildman–Crippen LogP) is 7.84. The largest absolute Gasteiger partial charge is 0.573 e. The quantitative estimate of drug-likeness (QED) is 0.0873. The Morgan fingerprint density at radius 2 is 1.25 bits per heavy atom. The Morgan fingerprint density at radius 1 is 0.717 bits per heavy atom. The highest BCUT2D eigenvalue weighted by Gasteiger charge is 2.33. The van der Waals surface area contributed by atoms with Crippen molar-refractivity contribution in [1.82, 2.24) is 29.1 Å². The Balaban J connectivity index is 1.03. The fourth-order valence-corrected chi connectivity index (χ4v) is 6.49. The fourth-order valence-electron chi connectivity index (χ4n) is 6.49. The molecule has 0 saturated heterocycles. The number of hydrogen-bond donors (Lipinski definition) is 6. The van der Waals surface area contributed by atoms with E-state index in [4.69, 9.17) is 16.2 Å². The zero-order valence-electron chi connectivity index (χ0n) is 27.9. The Labute approximate surface area is 298 Å². The molecule has 0 aliphatic rings. The molecule has 4 aromatic heterocycles. The highest BCUT2D eigenvalue weighted by molar-refractivity contribution is 5.87. The molecule has 0 spiro atoms. The van der Waals surface area contributed by atoms with E-state index in [2.05, 4.69) is 24.7 Å². The normalized spacial score (nSPS) is 12.5. The SMILES string of the molecule is CC(Cc1ccc2nc(-c3c(O)cn(-c4ccccc4OC(F)(F)F)c3N)[nH]c2c1)Oc1ccccc1-n1cc(O)c(-c2nc3ccccc3[nH]2)c1N. The van der Waals surface area contributed by atoms with Crippen molar-refractivity contribution in [2.75, 3.05) is 11.5 Å². The Hall–Kier alpha value is -7.03. The number of imidazole rings is 2. The van der Waals surface area contributed by atoms with Gasteiger partial charge in [0.05, 0.1) is 45.8 Å². The van der Waals surface area contributed by atoms with Gasteiger partial charge in [0.1, 0.15) is 57.8 Å². The first-order valence-electron chi connectivity index (χ1n) is 16.4. The number of para-hydroxylation sites is 6. The lowest BCUT2D eigenvalue weighted by Gasteiger charge is -2.18. The molecule has 1 unspecified atom stereocenters. The number of nitrogens with two attached hydrogens (primary N) is 2. The van der Waals surface area contributed by atoms with E-state index in [9.17, 15) is 23.4 Å². The van der Waals surface area contributed by atoms with Crippen molar-refractivity contribution in [3.05, 3.63) is 109 Å². The zero-order valence-corrected chi connectivity index (χ0v) is 27.9. The number of anilines is 2. The summed E-state index contributed by atoms with van der Waals surface area (Å²) >= 11 is 0. The molecule has 0 saturated carbocycles. The summed E-state index contributed by atoms with van der Waals surface area (Å²) in [5, 5.41) is 21.8. The molecule has 53 heavy (non-hydrogen) atoms. The maximum Gasteiger partial charge on any atom is 0.573 e. The van der Waals surface area contributed by atoms with Gasteiger partial charge in [-0.2, -0.15) is 0 Å². The van der Waals surface area contributed by atoms with Gasteiger partial charge < -0.3 is 41.1 Å². The van der Waals surface area contributed by atoms with Crippen LogP contribution in [0.4, 0.5) is 24.8 Å². The first-order valence-corrected chi connectivity index (χ1v) is 16.4. The number of benzene rings is 4. The van der Waals surface area contributed by atoms with E-state index in [1.54, 1.807) is 4.57 Å². The maximum absolute atomic E-state index is 13.1. The molecule has 0 aliphatic carbocycles. The number of nitrogens with one attached hydrogen (secondary N) is 2. The summed E-state index contributed by atoms with van der Waals surface area (Å²) < 4.78 is 52.7. The van der Waals surface area contributed by atoms with E-state index in [1.807, 2.05) is 73.7 Å². The van der Waals surface area contributed by atoms with Gasteiger partial charge in [0, 0.05) is 6.42 Å². The number of rotatable bonds is 9. The van der Waals surface area contributed by atoms with Gasteiger partial charge in [0.2, 0.25) is 0 Å². The average molecular weight is 721 g/mol. The summed E-state index contributed by atoms with van der Waals surface area (Å²) in [4.78, 5) is 15.6. The van der Waals surface area contributed by atoms with Crippen LogP contribution in [-0.2, 0) is 6.42 Å². The van der Waals surface area contributed by atoms with E-state index in [0.29, 0.717) is 40.3 Å². The van der Waals surface area contributed by atoms with Gasteiger partial charge >= 0.3 is 6.36 Å². The lowest BCUT2D eigenvalue weighted by molar-refractivity contribution is -0.274. The van der Waals surface area contributed by atoms with Crippen LogP contribution in [0.5, 0.6) is 23.0 Å². The van der Waals surface area contributed by atoms with Crippen molar-refractivity contribution in [3.8, 4) is 57.1 Å². The van der Waals surface area contributed by atoms with Crippen LogP contribution in [0.3, 0.4) is 0 Å². The molecule has 12 nitrogen and oxygen atoms in total. The molecular weight excluding hydrogens is 689 g/mol. The number of fused-ring (bicyclic) bond motifs is 2. The van der Waals surface area contributed by atoms with Gasteiger partial charge in [0.25, 0.3) is 0 Å². The topological polar surface area (TPSA) is 178 Å². The number of hydrogen-bond acceptors (Lipinski definition) is 8. The predicted molar refractivity (Wildman–Crippen MR) is 194 cm³/mol. The minimum absolute atomic E-state index is 0.0132. The third kappa shape index (κ3) is 6.17. The molecule has 0 aliphatic heterocycles. The summed E-state index contributed by atoms with van der Waals surface area (Å²) in [6, 6.07) is 26.0. The van der Waals surface area contributed by atoms with Crippen LogP contribution in [-0.4, -0.2) is 51.7 Å². The second kappa shape index (κ2) is 12.6. The molecule has 0 bridgehead atoms. The molecule has 0 fully saturated rings. The van der Waals surface area contributed by atoms with Crippen LogP contribution in [0.15, 0.2) is 103 Å². The average Bonchev–Trinajstić information content (AvgIpc) is 3.87. The summed E-state index contributed by atoms with van der Waals surface area (Å²) in [6.45, 7) is 1.93. The van der Waals surface area contributed by atoms with Crippen LogP contribution in [0, 0.1) is 0 Å². The van der Waals surface area contributed by atoms with Crippen LogP contribution in [0.25, 0.3) is 56.2 Å². The third-order valence-electron chi connectivity index (χ3n) is 8.78. The van der Waals surface area contributed by atoms with Gasteiger partial charge in [-0.15, -0.1) is 13.2 Å². The molecular formula is C38H31F3N8O4. The number of aromatic amines is 2. The molecule has 4 heterocycles. The minimum atomic E-state index is -4.92. The molecule has 0 radical (unpaired) electrons. The van der Waals surface area contributed by atoms with Crippen molar-refractivity contribution in [2.45, 2.75) is 25.8 Å². The standard InChI is InChI=1S/C38H31F3N8O4/c1-20(52-30-12-6-4-10-26(30)48-18-28(50)32(34(48)42)36-44-22-8-2-3-9-23(22)45-36)16-21-14-15-24-25(17-21)47-37(46-24)33-29(51)19-49(35(33)43)27-11-5-7-13-31(27)53-38(39,40)41/h2-15,17-20,50-51H,16,42-43H2,1H3,(H,44,45)(H,46,47). The van der Waals surface area contributed by atoms with Gasteiger partial charge in [-0.05, 0) is 61.0 Å². The first kappa shape index (κ1) is 33.1. The van der Waals surface area contributed by atoms with E-state index in [-0.39, 0.29) is 46.3 Å². The number of nitrogen functional groups attached to an aromatic ring is 2. The molecule has 1 atom stereocenters. The van der Waals surface area contributed by atoms with Gasteiger partial charge in [-0.25, -0.2) is 9.97 Å². The van der Waals surface area contributed by atoms with Gasteiger partial charge in [-0.3, -0.25) is 9.13 Å². The highest BCUT2D eigenvalue weighted by atomic mass is 19.4. The Morgan fingerprint density at radius 3 is 1.87 bits per heavy atom. The van der Waals surface area contributed by atoms with Crippen molar-refractivity contribution in [1.29, 1.82) is 0 Å². The molecule has 15 heteroatoms. The molecule has 268 valence electrons. The van der Waals surface area contributed by atoms with E-state index in [0.717, 1.165) is 22.7 Å². The zero-order chi connectivity index (χ0) is 37.0. The summed E-state index contributed by atoms with van der Waals surface area (Å²) in [5.41, 5.74) is 17.8. The monoisotopic (exact) mass is 720 g/mol. The number of aromatic nitrogens is 6. The summed E-state index contributed by atoms with van der Waals surface area (Å²) in [7, 11) is 0. The Bertz CT molecular complexity index is 2600. The molecule has 4 aromatic carbocycles. The van der Waals surface area contributed by atoms with Crippen molar-refractivity contribution in [3.63, 3.8) is 0 Å². The van der Waals surface area contributed by atoms with Crippen LogP contribution < -0.4 is 20.9 Å². The lowest BCUT2D eigenvalue weighted by atomic mass is 10.1. The number of aromatic hydroxyl groups is 2. The van der Waals surface area contributed by atoms with Gasteiger partial charge in [-0.1, -0.05) is 42.5 Å². The van der Waals surface area contributed by atoms with E-state index in [1.165, 1.54) is 35.2 Å². The van der Waals surface area contributed by atoms with E-state index < -0.39 is 12.1 Å². The number of halogens is 3. The highest BCUT2D eigenvalue weighted by Crippen LogP contribution is 2.41. The number of H-pyrrole nitrogens is 2. The summed E-state index contributed by atoms with van der Waals surface area (Å²) in [6.07, 6.45) is -2.01. The van der Waals surface area contributed by atoms with E-state index >= 15 is 0 Å². The Kier molecular flexibility index (Phi) is 7.90. The smallest absolute Gasteiger partial charge is 0.505 e. The first-order chi connectivity index (χ1) is 25.4. The van der Waals surface area contributed by atoms with Crippen LogP contribution in [0.1, 0.15) is 12.5 Å². The second-order valence-corrected chi connectivity index (χ2v) is 12.4. The van der Waals surface area contributed by atoms with Crippen molar-refractivity contribution in [2.24, 2.45) is 0 Å². The van der Waals surface area contributed by atoms with Crippen LogP contribution in [0.2, 0.25) is 0 Å². The van der Waals surface area contributed by atoms with Crippen molar-refractivity contribution >= 4 is 33.7 Å². The summed E-state index contributed by atoms with van der Waals surface area (Å²) in [5.74, 6) is 0.653. The lowest BCUT2D eigenvalue weighted by Crippen LogP contribution is -2.18.